The number of thioether (sulfide) groups is 1. The van der Waals surface area contributed by atoms with Gasteiger partial charge in [0, 0.05) is 11.1 Å². The van der Waals surface area contributed by atoms with E-state index < -0.39 is 12.0 Å². The number of allylic oxidation sites excluding steroid dienone is 1. The molecule has 7 nitrogen and oxygen atoms in total. The van der Waals surface area contributed by atoms with E-state index >= 15 is 0 Å². The third-order valence-electron chi connectivity index (χ3n) is 3.34. The molecule has 1 aromatic rings. The number of ether oxygens (including phenoxy) is 1. The van der Waals surface area contributed by atoms with Crippen LogP contribution in [0, 0.1) is 0 Å². The van der Waals surface area contributed by atoms with Crippen LogP contribution in [0.3, 0.4) is 0 Å². The SMILES string of the molecule is CCOC(=O)C1=C(/C=C\c2csnn2)CSC2C(N)C(=O)N12. The highest BCUT2D eigenvalue weighted by molar-refractivity contribution is 8.00. The predicted octanol–water partition coefficient (Wildman–Crippen LogP) is 0.611. The van der Waals surface area contributed by atoms with Crippen LogP contribution in [-0.4, -0.2) is 50.1 Å². The minimum absolute atomic E-state index is 0.190. The van der Waals surface area contributed by atoms with Gasteiger partial charge in [-0.2, -0.15) is 0 Å². The van der Waals surface area contributed by atoms with Crippen LogP contribution in [0.5, 0.6) is 0 Å². The third kappa shape index (κ3) is 2.55. The van der Waals surface area contributed by atoms with Crippen molar-refractivity contribution in [1.29, 1.82) is 0 Å². The van der Waals surface area contributed by atoms with Crippen molar-refractivity contribution in [3.8, 4) is 0 Å². The molecule has 2 N–H and O–H groups in total. The zero-order valence-electron chi connectivity index (χ0n) is 11.8. The van der Waals surface area contributed by atoms with Crippen LogP contribution >= 0.6 is 23.3 Å². The molecule has 0 spiro atoms. The number of esters is 1. The number of β-lactam (4-membered cyclic amide) rings is 1. The lowest BCUT2D eigenvalue weighted by Gasteiger charge is -2.48. The molecule has 1 amide bonds. The fraction of sp³-hybridized carbons (Fsp3) is 0.385. The summed E-state index contributed by atoms with van der Waals surface area (Å²) in [5.74, 6) is -0.157. The van der Waals surface area contributed by atoms with Gasteiger partial charge in [0.25, 0.3) is 0 Å². The summed E-state index contributed by atoms with van der Waals surface area (Å²) in [6.45, 7) is 1.98. The second kappa shape index (κ2) is 6.19. The average molecular weight is 338 g/mol. The van der Waals surface area contributed by atoms with Crippen LogP contribution in [0.1, 0.15) is 12.6 Å². The van der Waals surface area contributed by atoms with Crippen molar-refractivity contribution < 1.29 is 14.3 Å². The molecule has 3 rings (SSSR count). The van der Waals surface area contributed by atoms with Crippen molar-refractivity contribution in [3.63, 3.8) is 0 Å². The van der Waals surface area contributed by atoms with Gasteiger partial charge >= 0.3 is 5.97 Å². The molecule has 116 valence electrons. The standard InChI is InChI=1S/C13H14N4O3S2/c1-2-20-13(19)10-7(3-4-8-6-22-16-15-8)5-21-12-9(14)11(18)17(10)12/h3-4,6,9,12H,2,5,14H2,1H3/b4-3-. The van der Waals surface area contributed by atoms with Crippen LogP contribution in [-0.2, 0) is 14.3 Å². The smallest absolute Gasteiger partial charge is 0.355 e. The van der Waals surface area contributed by atoms with Crippen molar-refractivity contribution in [1.82, 2.24) is 14.5 Å². The zero-order chi connectivity index (χ0) is 15.7. The summed E-state index contributed by atoms with van der Waals surface area (Å²) in [5.41, 5.74) is 7.51. The molecular weight excluding hydrogens is 324 g/mol. The molecule has 1 aromatic heterocycles. The van der Waals surface area contributed by atoms with Crippen LogP contribution < -0.4 is 5.73 Å². The molecule has 0 radical (unpaired) electrons. The molecule has 0 aromatic carbocycles. The number of fused-ring (bicyclic) bond motifs is 1. The number of aromatic nitrogens is 2. The predicted molar refractivity (Wildman–Crippen MR) is 83.7 cm³/mol. The molecule has 1 saturated heterocycles. The Labute approximate surface area is 135 Å². The van der Waals surface area contributed by atoms with Gasteiger partial charge in [-0.3, -0.25) is 9.69 Å². The Bertz CT molecular complexity index is 656. The monoisotopic (exact) mass is 338 g/mol. The summed E-state index contributed by atoms with van der Waals surface area (Å²) in [6.07, 6.45) is 3.55. The number of nitrogens with zero attached hydrogens (tertiary/aromatic N) is 3. The van der Waals surface area contributed by atoms with E-state index in [1.54, 1.807) is 24.5 Å². The summed E-state index contributed by atoms with van der Waals surface area (Å²) in [7, 11) is 0. The molecule has 0 aliphatic carbocycles. The fourth-order valence-corrected chi connectivity index (χ4v) is 3.97. The second-order valence-electron chi connectivity index (χ2n) is 4.69. The van der Waals surface area contributed by atoms with Crippen LogP contribution in [0.15, 0.2) is 22.7 Å². The zero-order valence-corrected chi connectivity index (χ0v) is 13.4. The summed E-state index contributed by atoms with van der Waals surface area (Å²) < 4.78 is 8.86. The van der Waals surface area contributed by atoms with Crippen LogP contribution in [0.2, 0.25) is 0 Å². The topological polar surface area (TPSA) is 98.4 Å². The highest BCUT2D eigenvalue weighted by Gasteiger charge is 2.51. The first kappa shape index (κ1) is 15.2. The number of amides is 1. The molecule has 2 aliphatic rings. The van der Waals surface area contributed by atoms with E-state index in [1.165, 1.54) is 28.2 Å². The van der Waals surface area contributed by atoms with Gasteiger partial charge in [-0.1, -0.05) is 10.6 Å². The van der Waals surface area contributed by atoms with Crippen LogP contribution in [0.4, 0.5) is 0 Å². The molecule has 2 aliphatic heterocycles. The van der Waals surface area contributed by atoms with E-state index in [-0.39, 0.29) is 23.6 Å². The van der Waals surface area contributed by atoms with Gasteiger partial charge in [-0.15, -0.1) is 16.9 Å². The molecule has 3 heterocycles. The first-order chi connectivity index (χ1) is 10.6. The van der Waals surface area contributed by atoms with E-state index in [9.17, 15) is 9.59 Å². The van der Waals surface area contributed by atoms with E-state index in [4.69, 9.17) is 10.5 Å². The Morgan fingerprint density at radius 3 is 3.09 bits per heavy atom. The quantitative estimate of drug-likeness (QED) is 0.634. The summed E-state index contributed by atoms with van der Waals surface area (Å²) in [6, 6.07) is -0.553. The molecule has 2 unspecified atom stereocenters. The van der Waals surface area contributed by atoms with E-state index in [1.807, 2.05) is 0 Å². The Kier molecular flexibility index (Phi) is 4.27. The van der Waals surface area contributed by atoms with Crippen LogP contribution in [0.25, 0.3) is 6.08 Å². The van der Waals surface area contributed by atoms with Gasteiger partial charge in [0.2, 0.25) is 5.91 Å². The van der Waals surface area contributed by atoms with E-state index in [2.05, 4.69) is 9.59 Å². The molecule has 9 heteroatoms. The van der Waals surface area contributed by atoms with Gasteiger partial charge in [-0.25, -0.2) is 4.79 Å². The maximum Gasteiger partial charge on any atom is 0.355 e. The summed E-state index contributed by atoms with van der Waals surface area (Å²) >= 11 is 2.79. The average Bonchev–Trinajstić information content (AvgIpc) is 3.04. The van der Waals surface area contributed by atoms with Gasteiger partial charge in [0.15, 0.2) is 0 Å². The van der Waals surface area contributed by atoms with Crippen molar-refractivity contribution in [3.05, 3.63) is 28.4 Å². The van der Waals surface area contributed by atoms with E-state index in [0.717, 1.165) is 5.57 Å². The molecule has 0 bridgehead atoms. The maximum atomic E-state index is 12.2. The van der Waals surface area contributed by atoms with Crippen molar-refractivity contribution >= 4 is 41.2 Å². The maximum absolute atomic E-state index is 12.2. The number of carbonyl (C=O) groups excluding carboxylic acids is 2. The Hall–Kier alpha value is -1.71. The number of hydrogen-bond donors (Lipinski definition) is 1. The third-order valence-corrected chi connectivity index (χ3v) is 5.19. The minimum Gasteiger partial charge on any atom is -0.461 e. The largest absolute Gasteiger partial charge is 0.461 e. The Balaban J connectivity index is 1.94. The van der Waals surface area contributed by atoms with Crippen molar-refractivity contribution in [2.75, 3.05) is 12.4 Å². The van der Waals surface area contributed by atoms with Gasteiger partial charge in [0.05, 0.1) is 12.3 Å². The second-order valence-corrected chi connectivity index (χ2v) is 6.41. The lowest BCUT2D eigenvalue weighted by molar-refractivity contribution is -0.150. The summed E-state index contributed by atoms with van der Waals surface area (Å²) in [4.78, 5) is 25.7. The Morgan fingerprint density at radius 1 is 1.59 bits per heavy atom. The van der Waals surface area contributed by atoms with Gasteiger partial charge in [-0.05, 0) is 30.1 Å². The summed E-state index contributed by atoms with van der Waals surface area (Å²) in [5, 5.41) is 5.52. The molecular formula is C13H14N4O3S2. The van der Waals surface area contributed by atoms with Gasteiger partial charge in [0.1, 0.15) is 17.1 Å². The Morgan fingerprint density at radius 2 is 2.41 bits per heavy atom. The molecule has 2 atom stereocenters. The number of carbonyl (C=O) groups is 2. The van der Waals surface area contributed by atoms with Gasteiger partial charge < -0.3 is 10.5 Å². The number of nitrogens with two attached hydrogens (primary N) is 1. The van der Waals surface area contributed by atoms with Crippen molar-refractivity contribution in [2.24, 2.45) is 5.73 Å². The first-order valence-electron chi connectivity index (χ1n) is 6.69. The minimum atomic E-state index is -0.553. The lowest BCUT2D eigenvalue weighted by Crippen LogP contribution is -2.68. The molecule has 22 heavy (non-hydrogen) atoms. The van der Waals surface area contributed by atoms with Crippen molar-refractivity contribution in [2.45, 2.75) is 18.3 Å². The normalized spacial score (nSPS) is 24.5. The fourth-order valence-electron chi connectivity index (χ4n) is 2.29. The first-order valence-corrected chi connectivity index (χ1v) is 8.57. The number of rotatable bonds is 4. The molecule has 0 saturated carbocycles. The van der Waals surface area contributed by atoms with E-state index in [0.29, 0.717) is 11.4 Å². The number of hydrogen-bond acceptors (Lipinski definition) is 8. The highest BCUT2D eigenvalue weighted by Crippen LogP contribution is 2.40. The highest BCUT2D eigenvalue weighted by atomic mass is 32.2. The lowest BCUT2D eigenvalue weighted by atomic mass is 10.0. The molecule has 1 fully saturated rings.